The third-order valence-electron chi connectivity index (χ3n) is 6.26. The van der Waals surface area contributed by atoms with Crippen LogP contribution in [0.2, 0.25) is 0 Å². The Hall–Kier alpha value is -1.95. The van der Waals surface area contributed by atoms with Gasteiger partial charge in [-0.1, -0.05) is 0 Å². The standard InChI is InChI=1S/C20H27N5O/c1-14-9-18(23-17(22-14)10-15-3-4-15)25-13-20(5-7-26-8-6-20)19(25)16-11-21-24(2)12-16/h9,11-12,15,19H,3-8,10,13H2,1-2H3. The highest BCUT2D eigenvalue weighted by molar-refractivity contribution is 5.49. The van der Waals surface area contributed by atoms with Crippen LogP contribution in [0.4, 0.5) is 5.82 Å². The van der Waals surface area contributed by atoms with Gasteiger partial charge in [0.1, 0.15) is 11.6 Å². The van der Waals surface area contributed by atoms with Gasteiger partial charge in [0, 0.05) is 62.2 Å². The highest BCUT2D eigenvalue weighted by atomic mass is 16.5. The molecule has 6 heteroatoms. The third-order valence-corrected chi connectivity index (χ3v) is 6.26. The Kier molecular flexibility index (Phi) is 3.78. The molecule has 1 atom stereocenters. The number of aryl methyl sites for hydroxylation is 2. The van der Waals surface area contributed by atoms with E-state index in [9.17, 15) is 0 Å². The summed E-state index contributed by atoms with van der Waals surface area (Å²) in [5.41, 5.74) is 2.65. The highest BCUT2D eigenvalue weighted by Crippen LogP contribution is 2.55. The predicted molar refractivity (Wildman–Crippen MR) is 99.0 cm³/mol. The van der Waals surface area contributed by atoms with Crippen molar-refractivity contribution in [2.45, 2.75) is 45.1 Å². The summed E-state index contributed by atoms with van der Waals surface area (Å²) < 4.78 is 7.56. The molecule has 3 fully saturated rings. The molecule has 2 aromatic rings. The van der Waals surface area contributed by atoms with Gasteiger partial charge >= 0.3 is 0 Å². The molecule has 1 aliphatic carbocycles. The van der Waals surface area contributed by atoms with Crippen LogP contribution in [0.25, 0.3) is 0 Å². The first-order valence-corrected chi connectivity index (χ1v) is 9.80. The largest absolute Gasteiger partial charge is 0.381 e. The number of rotatable bonds is 4. The van der Waals surface area contributed by atoms with Crippen molar-refractivity contribution in [2.24, 2.45) is 18.4 Å². The van der Waals surface area contributed by atoms with Crippen LogP contribution in [0.3, 0.4) is 0 Å². The number of hydrogen-bond donors (Lipinski definition) is 0. The Bertz CT molecular complexity index is 806. The number of hydrogen-bond acceptors (Lipinski definition) is 5. The summed E-state index contributed by atoms with van der Waals surface area (Å²) in [6.07, 6.45) is 10.1. The molecule has 26 heavy (non-hydrogen) atoms. The molecule has 1 saturated carbocycles. The summed E-state index contributed by atoms with van der Waals surface area (Å²) in [6.45, 7) is 4.86. The zero-order valence-corrected chi connectivity index (χ0v) is 15.7. The van der Waals surface area contributed by atoms with Crippen molar-refractivity contribution >= 4 is 5.82 Å². The van der Waals surface area contributed by atoms with Crippen LogP contribution in [0.15, 0.2) is 18.5 Å². The van der Waals surface area contributed by atoms with Crippen LogP contribution in [-0.2, 0) is 18.2 Å². The minimum Gasteiger partial charge on any atom is -0.381 e. The summed E-state index contributed by atoms with van der Waals surface area (Å²) in [6, 6.07) is 2.48. The van der Waals surface area contributed by atoms with E-state index in [0.717, 1.165) is 62.3 Å². The second-order valence-electron chi connectivity index (χ2n) is 8.38. The van der Waals surface area contributed by atoms with Crippen molar-refractivity contribution in [1.29, 1.82) is 0 Å². The molecule has 2 aliphatic heterocycles. The smallest absolute Gasteiger partial charge is 0.133 e. The minimum absolute atomic E-state index is 0.288. The van der Waals surface area contributed by atoms with Crippen LogP contribution in [0.1, 0.15) is 48.8 Å². The molecule has 2 saturated heterocycles. The van der Waals surface area contributed by atoms with E-state index < -0.39 is 0 Å². The number of anilines is 1. The summed E-state index contributed by atoms with van der Waals surface area (Å²) in [5.74, 6) is 2.90. The highest BCUT2D eigenvalue weighted by Gasteiger charge is 2.54. The van der Waals surface area contributed by atoms with Crippen LogP contribution >= 0.6 is 0 Å². The molecular weight excluding hydrogens is 326 g/mol. The van der Waals surface area contributed by atoms with E-state index in [1.54, 1.807) is 0 Å². The summed E-state index contributed by atoms with van der Waals surface area (Å²) in [7, 11) is 1.99. The molecule has 1 spiro atoms. The number of ether oxygens (including phenoxy) is 1. The Morgan fingerprint density at radius 2 is 2.04 bits per heavy atom. The quantitative estimate of drug-likeness (QED) is 0.846. The van der Waals surface area contributed by atoms with E-state index in [1.165, 1.54) is 18.4 Å². The molecular formula is C20H27N5O. The lowest BCUT2D eigenvalue weighted by atomic mass is 9.64. The van der Waals surface area contributed by atoms with Gasteiger partial charge in [0.05, 0.1) is 12.2 Å². The molecule has 1 unspecified atom stereocenters. The Morgan fingerprint density at radius 3 is 2.73 bits per heavy atom. The zero-order valence-electron chi connectivity index (χ0n) is 15.7. The fourth-order valence-corrected chi connectivity index (χ4v) is 4.70. The van der Waals surface area contributed by atoms with Crippen molar-refractivity contribution in [3.63, 3.8) is 0 Å². The average Bonchev–Trinajstić information content (AvgIpc) is 3.33. The zero-order chi connectivity index (χ0) is 17.7. The number of aromatic nitrogens is 4. The van der Waals surface area contributed by atoms with Crippen molar-refractivity contribution in [2.75, 3.05) is 24.7 Å². The van der Waals surface area contributed by atoms with Crippen molar-refractivity contribution in [1.82, 2.24) is 19.7 Å². The molecule has 0 amide bonds. The Morgan fingerprint density at radius 1 is 1.23 bits per heavy atom. The maximum absolute atomic E-state index is 5.65. The SMILES string of the molecule is Cc1cc(N2CC3(CCOCC3)C2c2cnn(C)c2)nc(CC2CC2)n1. The topological polar surface area (TPSA) is 56.1 Å². The molecule has 5 rings (SSSR count). The second kappa shape index (κ2) is 6.05. The number of nitrogens with zero attached hydrogens (tertiary/aromatic N) is 5. The Balaban J connectivity index is 1.48. The normalized spacial score (nSPS) is 24.7. The maximum atomic E-state index is 5.65. The van der Waals surface area contributed by atoms with E-state index in [4.69, 9.17) is 9.72 Å². The summed E-state index contributed by atoms with van der Waals surface area (Å²) >= 11 is 0. The molecule has 6 nitrogen and oxygen atoms in total. The van der Waals surface area contributed by atoms with Gasteiger partial charge in [0.25, 0.3) is 0 Å². The maximum Gasteiger partial charge on any atom is 0.133 e. The first-order valence-electron chi connectivity index (χ1n) is 9.80. The first-order chi connectivity index (χ1) is 12.6. The third kappa shape index (κ3) is 2.80. The van der Waals surface area contributed by atoms with Crippen LogP contribution in [0, 0.1) is 18.3 Å². The van der Waals surface area contributed by atoms with E-state index in [2.05, 4.69) is 34.2 Å². The lowest BCUT2D eigenvalue weighted by molar-refractivity contribution is -0.0295. The van der Waals surface area contributed by atoms with Gasteiger partial charge in [-0.25, -0.2) is 9.97 Å². The lowest BCUT2D eigenvalue weighted by Crippen LogP contribution is -2.61. The Labute approximate surface area is 154 Å². The van der Waals surface area contributed by atoms with Gasteiger partial charge < -0.3 is 9.64 Å². The fourth-order valence-electron chi connectivity index (χ4n) is 4.70. The van der Waals surface area contributed by atoms with Gasteiger partial charge in [-0.05, 0) is 38.5 Å². The van der Waals surface area contributed by atoms with E-state index in [1.807, 2.05) is 17.9 Å². The molecule has 4 heterocycles. The van der Waals surface area contributed by atoms with Gasteiger partial charge in [0.2, 0.25) is 0 Å². The van der Waals surface area contributed by atoms with Crippen molar-refractivity contribution < 1.29 is 4.74 Å². The van der Waals surface area contributed by atoms with E-state index >= 15 is 0 Å². The fraction of sp³-hybridized carbons (Fsp3) is 0.650. The van der Waals surface area contributed by atoms with Crippen molar-refractivity contribution in [3.05, 3.63) is 35.5 Å². The molecule has 0 N–H and O–H groups in total. The van der Waals surface area contributed by atoms with Crippen LogP contribution in [0.5, 0.6) is 0 Å². The molecule has 0 bridgehead atoms. The molecule has 3 aliphatic rings. The van der Waals surface area contributed by atoms with Crippen LogP contribution in [-0.4, -0.2) is 39.5 Å². The molecule has 0 aromatic carbocycles. The van der Waals surface area contributed by atoms with Gasteiger partial charge in [-0.15, -0.1) is 0 Å². The average molecular weight is 353 g/mol. The van der Waals surface area contributed by atoms with Crippen LogP contribution < -0.4 is 4.90 Å². The van der Waals surface area contributed by atoms with Crippen molar-refractivity contribution in [3.8, 4) is 0 Å². The van der Waals surface area contributed by atoms with E-state index in [-0.39, 0.29) is 5.41 Å². The summed E-state index contributed by atoms with van der Waals surface area (Å²) in [5, 5.41) is 4.43. The molecule has 138 valence electrons. The molecule has 0 radical (unpaired) electrons. The van der Waals surface area contributed by atoms with Gasteiger partial charge in [-0.3, -0.25) is 4.68 Å². The monoisotopic (exact) mass is 353 g/mol. The molecule has 2 aromatic heterocycles. The van der Waals surface area contributed by atoms with Gasteiger partial charge in [-0.2, -0.15) is 5.10 Å². The van der Waals surface area contributed by atoms with E-state index in [0.29, 0.717) is 6.04 Å². The predicted octanol–water partition coefficient (Wildman–Crippen LogP) is 2.83. The lowest BCUT2D eigenvalue weighted by Gasteiger charge is -2.59. The van der Waals surface area contributed by atoms with Gasteiger partial charge in [0.15, 0.2) is 0 Å². The minimum atomic E-state index is 0.288. The second-order valence-corrected chi connectivity index (χ2v) is 8.38. The summed E-state index contributed by atoms with van der Waals surface area (Å²) in [4.78, 5) is 12.1. The first kappa shape index (κ1) is 16.2.